The van der Waals surface area contributed by atoms with E-state index in [0.29, 0.717) is 0 Å². The summed E-state index contributed by atoms with van der Waals surface area (Å²) in [6, 6.07) is 4.20. The van der Waals surface area contributed by atoms with Crippen molar-refractivity contribution in [3.63, 3.8) is 0 Å². The number of carbonyl (C=O) groups is 1. The van der Waals surface area contributed by atoms with Gasteiger partial charge in [0.2, 0.25) is 10.0 Å². The summed E-state index contributed by atoms with van der Waals surface area (Å²) < 4.78 is 49.0. The molecule has 0 amide bonds. The first-order chi connectivity index (χ1) is 8.74. The topological polar surface area (TPSA) is 104 Å². The molecule has 0 bridgehead atoms. The Bertz CT molecular complexity index is 544. The van der Waals surface area contributed by atoms with Crippen LogP contribution in [0.25, 0.3) is 0 Å². The summed E-state index contributed by atoms with van der Waals surface area (Å²) in [5, 5.41) is 17.4. The van der Waals surface area contributed by atoms with E-state index >= 15 is 0 Å². The molecule has 0 aliphatic rings. The lowest BCUT2D eigenvalue weighted by Gasteiger charge is -2.11. The number of carboxylic acid groups (broad SMARTS) is 1. The first-order valence-electron chi connectivity index (χ1n) is 5.03. The number of aromatic carboxylic acids is 1. The Labute approximate surface area is 107 Å². The number of rotatable bonds is 6. The van der Waals surface area contributed by atoms with Crippen molar-refractivity contribution in [2.75, 3.05) is 6.54 Å². The monoisotopic (exact) mass is 295 g/mol. The number of nitrogens with one attached hydrogen (secondary N) is 1. The largest absolute Gasteiger partial charge is 0.478 e. The molecule has 1 atom stereocenters. The highest BCUT2D eigenvalue weighted by Gasteiger charge is 2.21. The van der Waals surface area contributed by atoms with Crippen molar-refractivity contribution in [3.05, 3.63) is 29.8 Å². The highest BCUT2D eigenvalue weighted by Crippen LogP contribution is 2.11. The van der Waals surface area contributed by atoms with Gasteiger partial charge in [-0.1, -0.05) is 0 Å². The van der Waals surface area contributed by atoms with Gasteiger partial charge in [0.15, 0.2) is 0 Å². The SMILES string of the molecule is O=C(O)c1ccc(S(=O)(=O)NCC(O)C(F)F)cc1. The van der Waals surface area contributed by atoms with Crippen LogP contribution in [0.15, 0.2) is 29.2 Å². The van der Waals surface area contributed by atoms with Gasteiger partial charge in [-0.05, 0) is 24.3 Å². The Hall–Kier alpha value is -1.58. The highest BCUT2D eigenvalue weighted by molar-refractivity contribution is 7.89. The lowest BCUT2D eigenvalue weighted by atomic mass is 10.2. The van der Waals surface area contributed by atoms with Crippen LogP contribution in [0.3, 0.4) is 0 Å². The van der Waals surface area contributed by atoms with Crippen LogP contribution in [-0.2, 0) is 10.0 Å². The maximum atomic E-state index is 12.0. The minimum atomic E-state index is -4.07. The minimum absolute atomic E-state index is 0.105. The predicted molar refractivity (Wildman–Crippen MR) is 60.6 cm³/mol. The van der Waals surface area contributed by atoms with Crippen molar-refractivity contribution >= 4 is 16.0 Å². The molecule has 3 N–H and O–H groups in total. The summed E-state index contributed by atoms with van der Waals surface area (Å²) in [5.41, 5.74) is -0.105. The third-order valence-electron chi connectivity index (χ3n) is 2.18. The predicted octanol–water partition coefficient (Wildman–Crippen LogP) is 0.289. The first-order valence-corrected chi connectivity index (χ1v) is 6.51. The van der Waals surface area contributed by atoms with Gasteiger partial charge in [-0.2, -0.15) is 0 Å². The Kier molecular flexibility index (Phi) is 4.92. The lowest BCUT2D eigenvalue weighted by Crippen LogP contribution is -2.35. The van der Waals surface area contributed by atoms with Crippen LogP contribution in [0.1, 0.15) is 10.4 Å². The molecule has 0 radical (unpaired) electrons. The zero-order valence-corrected chi connectivity index (χ0v) is 10.3. The molecule has 1 aromatic carbocycles. The Morgan fingerprint density at radius 2 is 1.79 bits per heavy atom. The number of hydrogen-bond donors (Lipinski definition) is 3. The highest BCUT2D eigenvalue weighted by atomic mass is 32.2. The van der Waals surface area contributed by atoms with Gasteiger partial charge >= 0.3 is 5.97 Å². The molecule has 0 heterocycles. The van der Waals surface area contributed by atoms with E-state index in [1.54, 1.807) is 4.72 Å². The number of halogens is 2. The molecule has 19 heavy (non-hydrogen) atoms. The fourth-order valence-electron chi connectivity index (χ4n) is 1.14. The molecule has 0 spiro atoms. The number of hydrogen-bond acceptors (Lipinski definition) is 4. The van der Waals surface area contributed by atoms with Crippen molar-refractivity contribution in [2.45, 2.75) is 17.4 Å². The maximum Gasteiger partial charge on any atom is 0.335 e. The number of sulfonamides is 1. The minimum Gasteiger partial charge on any atom is -0.478 e. The number of alkyl halides is 2. The summed E-state index contributed by atoms with van der Waals surface area (Å²) in [6.45, 7) is -0.833. The van der Waals surface area contributed by atoms with Crippen LogP contribution in [0.4, 0.5) is 8.78 Å². The van der Waals surface area contributed by atoms with E-state index in [0.717, 1.165) is 24.3 Å². The molecule has 0 aliphatic carbocycles. The third kappa shape index (κ3) is 4.23. The third-order valence-corrected chi connectivity index (χ3v) is 3.62. The molecule has 6 nitrogen and oxygen atoms in total. The van der Waals surface area contributed by atoms with E-state index in [1.807, 2.05) is 0 Å². The van der Waals surface area contributed by atoms with Gasteiger partial charge < -0.3 is 10.2 Å². The summed E-state index contributed by atoms with van der Waals surface area (Å²) in [7, 11) is -4.07. The fraction of sp³-hybridized carbons (Fsp3) is 0.300. The normalized spacial score (nSPS) is 13.5. The van der Waals surface area contributed by atoms with Gasteiger partial charge in [-0.25, -0.2) is 26.7 Å². The molecular weight excluding hydrogens is 284 g/mol. The summed E-state index contributed by atoms with van der Waals surface area (Å²) in [4.78, 5) is 10.3. The summed E-state index contributed by atoms with van der Waals surface area (Å²) in [5.74, 6) is -1.22. The first kappa shape index (κ1) is 15.5. The van der Waals surface area contributed by atoms with Crippen molar-refractivity contribution in [3.8, 4) is 0 Å². The van der Waals surface area contributed by atoms with Gasteiger partial charge in [-0.15, -0.1) is 0 Å². The number of aliphatic hydroxyl groups excluding tert-OH is 1. The average Bonchev–Trinajstić information content (AvgIpc) is 2.36. The van der Waals surface area contributed by atoms with Crippen molar-refractivity contribution in [1.82, 2.24) is 4.72 Å². The van der Waals surface area contributed by atoms with E-state index in [-0.39, 0.29) is 10.5 Å². The molecule has 0 aromatic heterocycles. The van der Waals surface area contributed by atoms with E-state index in [9.17, 15) is 22.0 Å². The van der Waals surface area contributed by atoms with Gasteiger partial charge in [-0.3, -0.25) is 0 Å². The number of carboxylic acids is 1. The molecule has 1 unspecified atom stereocenters. The molecule has 106 valence electrons. The molecule has 0 saturated carbocycles. The van der Waals surface area contributed by atoms with Gasteiger partial charge in [0.25, 0.3) is 6.43 Å². The van der Waals surface area contributed by atoms with Gasteiger partial charge in [0.1, 0.15) is 6.10 Å². The van der Waals surface area contributed by atoms with Crippen LogP contribution < -0.4 is 4.72 Å². The zero-order valence-electron chi connectivity index (χ0n) is 9.45. The molecule has 0 aliphatic heterocycles. The Morgan fingerprint density at radius 1 is 1.26 bits per heavy atom. The second kappa shape index (κ2) is 6.04. The van der Waals surface area contributed by atoms with Crippen molar-refractivity contribution in [2.24, 2.45) is 0 Å². The lowest BCUT2D eigenvalue weighted by molar-refractivity contribution is -0.000452. The second-order valence-corrected chi connectivity index (χ2v) is 5.35. The average molecular weight is 295 g/mol. The van der Waals surface area contributed by atoms with E-state index in [4.69, 9.17) is 10.2 Å². The van der Waals surface area contributed by atoms with Crippen LogP contribution in [0.2, 0.25) is 0 Å². The molecular formula is C10H11F2NO5S. The molecule has 1 aromatic rings. The smallest absolute Gasteiger partial charge is 0.335 e. The van der Waals surface area contributed by atoms with Gasteiger partial charge in [0, 0.05) is 6.54 Å². The maximum absolute atomic E-state index is 12.0. The molecule has 0 saturated heterocycles. The van der Waals surface area contributed by atoms with E-state index in [2.05, 4.69) is 0 Å². The summed E-state index contributed by atoms with van der Waals surface area (Å²) >= 11 is 0. The van der Waals surface area contributed by atoms with Crippen molar-refractivity contribution in [1.29, 1.82) is 0 Å². The van der Waals surface area contributed by atoms with Gasteiger partial charge in [0.05, 0.1) is 10.5 Å². The standard InChI is InChI=1S/C10H11F2NO5S/c11-9(12)8(14)5-13-19(17,18)7-3-1-6(2-4-7)10(15)16/h1-4,8-9,13-14H,5H2,(H,15,16). The molecule has 9 heteroatoms. The van der Waals surface area contributed by atoms with Crippen LogP contribution in [0, 0.1) is 0 Å². The van der Waals surface area contributed by atoms with E-state index in [1.165, 1.54) is 0 Å². The zero-order chi connectivity index (χ0) is 14.6. The van der Waals surface area contributed by atoms with Crippen molar-refractivity contribution < 1.29 is 32.2 Å². The number of benzene rings is 1. The van der Waals surface area contributed by atoms with Crippen LogP contribution in [-0.4, -0.2) is 43.7 Å². The molecule has 0 fully saturated rings. The van der Waals surface area contributed by atoms with Crippen LogP contribution >= 0.6 is 0 Å². The van der Waals surface area contributed by atoms with Crippen LogP contribution in [0.5, 0.6) is 0 Å². The quantitative estimate of drug-likeness (QED) is 0.700. The fourth-order valence-corrected chi connectivity index (χ4v) is 2.20. The second-order valence-electron chi connectivity index (χ2n) is 3.58. The van der Waals surface area contributed by atoms with E-state index < -0.39 is 35.1 Å². The summed E-state index contributed by atoms with van der Waals surface area (Å²) in [6.07, 6.45) is -5.16. The molecule has 1 rings (SSSR count). The Balaban J connectivity index is 2.80. The Morgan fingerprint density at radius 3 is 2.21 bits per heavy atom. The number of aliphatic hydroxyl groups is 1.